The molecule has 2 aromatic rings. The van der Waals surface area contributed by atoms with Gasteiger partial charge in [0, 0.05) is 11.4 Å². The average Bonchev–Trinajstić information content (AvgIpc) is 3.00. The zero-order valence-electron chi connectivity index (χ0n) is 14.9. The molecule has 0 radical (unpaired) electrons. The Balaban J connectivity index is 1.64. The molecule has 1 unspecified atom stereocenters. The van der Waals surface area contributed by atoms with Crippen LogP contribution in [0.5, 0.6) is 0 Å². The Morgan fingerprint density at radius 2 is 2.23 bits per heavy atom. The number of anilines is 2. The van der Waals surface area contributed by atoms with Crippen molar-refractivity contribution in [2.75, 3.05) is 31.3 Å². The van der Waals surface area contributed by atoms with E-state index in [-0.39, 0.29) is 11.2 Å². The summed E-state index contributed by atoms with van der Waals surface area (Å²) in [5.41, 5.74) is 2.31. The molecule has 26 heavy (non-hydrogen) atoms. The number of quaternary nitrogens is 1. The van der Waals surface area contributed by atoms with Crippen LogP contribution in [0, 0.1) is 3.95 Å². The average molecular weight is 412 g/mol. The lowest BCUT2D eigenvalue weighted by Crippen LogP contribution is -3.14. The van der Waals surface area contributed by atoms with Crippen LogP contribution in [0.15, 0.2) is 24.3 Å². The Hall–Kier alpha value is -1.42. The van der Waals surface area contributed by atoms with E-state index in [9.17, 15) is 4.79 Å². The Kier molecular flexibility index (Phi) is 6.68. The SMILES string of the molecule is CCc1ccc(Nc2nn(C[NH+]3CCS[C@H](C(=O)OC)C3)c(=S)s2)cc1. The van der Waals surface area contributed by atoms with Gasteiger partial charge in [0.05, 0.1) is 13.7 Å². The largest absolute Gasteiger partial charge is 0.468 e. The number of nitrogens with one attached hydrogen (secondary N) is 2. The molecule has 0 amide bonds. The third-order valence-electron chi connectivity index (χ3n) is 4.31. The van der Waals surface area contributed by atoms with Gasteiger partial charge < -0.3 is 15.0 Å². The molecule has 0 bridgehead atoms. The predicted molar refractivity (Wildman–Crippen MR) is 109 cm³/mol. The van der Waals surface area contributed by atoms with Crippen molar-refractivity contribution in [2.24, 2.45) is 0 Å². The summed E-state index contributed by atoms with van der Waals surface area (Å²) in [4.78, 5) is 13.1. The lowest BCUT2D eigenvalue weighted by molar-refractivity contribution is -0.921. The maximum atomic E-state index is 11.8. The van der Waals surface area contributed by atoms with Crippen LogP contribution in [0.1, 0.15) is 12.5 Å². The van der Waals surface area contributed by atoms with Crippen LogP contribution in [0.25, 0.3) is 0 Å². The van der Waals surface area contributed by atoms with Crippen molar-refractivity contribution < 1.29 is 14.4 Å². The molecule has 2 N–H and O–H groups in total. The second-order valence-electron chi connectivity index (χ2n) is 6.09. The molecule has 2 atom stereocenters. The number of hydrogen-bond donors (Lipinski definition) is 2. The van der Waals surface area contributed by atoms with E-state index in [1.165, 1.54) is 28.9 Å². The monoisotopic (exact) mass is 411 g/mol. The fourth-order valence-electron chi connectivity index (χ4n) is 2.81. The van der Waals surface area contributed by atoms with Crippen LogP contribution in [-0.4, -0.2) is 47.0 Å². The van der Waals surface area contributed by atoms with Crippen molar-refractivity contribution in [3.05, 3.63) is 33.8 Å². The molecule has 1 fully saturated rings. The van der Waals surface area contributed by atoms with Gasteiger partial charge in [-0.15, -0.1) is 16.9 Å². The first kappa shape index (κ1) is 19.3. The first-order valence-corrected chi connectivity index (χ1v) is 10.8. The zero-order chi connectivity index (χ0) is 18.5. The standard InChI is InChI=1S/C17H22N4O2S3/c1-3-12-4-6-13(7-5-12)18-16-19-21(17(24)26-16)11-20-8-9-25-14(10-20)15(22)23-2/h4-7,14H,3,8-11H2,1-2H3,(H,18,19)/p+1/t14-/m0/s1. The Labute approximate surface area is 166 Å². The predicted octanol–water partition coefficient (Wildman–Crippen LogP) is 2.11. The van der Waals surface area contributed by atoms with Gasteiger partial charge in [-0.3, -0.25) is 4.79 Å². The molecular formula is C17H23N4O2S3+. The van der Waals surface area contributed by atoms with Gasteiger partial charge in [-0.2, -0.15) is 4.68 Å². The molecule has 3 rings (SSSR count). The number of benzene rings is 1. The number of rotatable bonds is 6. The van der Waals surface area contributed by atoms with Crippen LogP contribution >= 0.6 is 35.3 Å². The number of esters is 1. The molecule has 1 saturated heterocycles. The minimum Gasteiger partial charge on any atom is -0.468 e. The number of carbonyl (C=O) groups excluding carboxylic acids is 1. The van der Waals surface area contributed by atoms with Gasteiger partial charge in [0.15, 0.2) is 15.9 Å². The van der Waals surface area contributed by atoms with Crippen molar-refractivity contribution in [1.29, 1.82) is 0 Å². The van der Waals surface area contributed by atoms with Gasteiger partial charge in [0.25, 0.3) is 0 Å². The van der Waals surface area contributed by atoms with E-state index in [2.05, 4.69) is 41.6 Å². The third kappa shape index (κ3) is 4.85. The quantitative estimate of drug-likeness (QED) is 0.561. The molecule has 6 nitrogen and oxygen atoms in total. The second-order valence-corrected chi connectivity index (χ2v) is 9.03. The molecular weight excluding hydrogens is 388 g/mol. The molecule has 9 heteroatoms. The summed E-state index contributed by atoms with van der Waals surface area (Å²) < 4.78 is 7.46. The highest BCUT2D eigenvalue weighted by molar-refractivity contribution is 8.00. The van der Waals surface area contributed by atoms with Crippen molar-refractivity contribution in [3.63, 3.8) is 0 Å². The van der Waals surface area contributed by atoms with Crippen LogP contribution in [0.2, 0.25) is 0 Å². The molecule has 1 aliphatic heterocycles. The molecule has 1 aromatic heterocycles. The smallest absolute Gasteiger partial charge is 0.324 e. The van der Waals surface area contributed by atoms with Crippen LogP contribution < -0.4 is 10.2 Å². The molecule has 140 valence electrons. The molecule has 0 saturated carbocycles. The maximum absolute atomic E-state index is 11.8. The number of nitrogens with zero attached hydrogens (tertiary/aromatic N) is 2. The molecule has 1 aromatic carbocycles. The summed E-state index contributed by atoms with van der Waals surface area (Å²) in [6.45, 7) is 4.53. The summed E-state index contributed by atoms with van der Waals surface area (Å²) in [6.07, 6.45) is 1.03. The maximum Gasteiger partial charge on any atom is 0.324 e. The molecule has 0 spiro atoms. The minimum absolute atomic E-state index is 0.105. The van der Waals surface area contributed by atoms with Gasteiger partial charge in [-0.05, 0) is 36.3 Å². The summed E-state index contributed by atoms with van der Waals surface area (Å²) in [5.74, 6) is 0.786. The Morgan fingerprint density at radius 3 is 2.92 bits per heavy atom. The Bertz CT molecular complexity index is 803. The van der Waals surface area contributed by atoms with Gasteiger partial charge >= 0.3 is 5.97 Å². The lowest BCUT2D eigenvalue weighted by Gasteiger charge is -2.27. The summed E-state index contributed by atoms with van der Waals surface area (Å²) >= 11 is 8.60. The fraction of sp³-hybridized carbons (Fsp3) is 0.471. The van der Waals surface area contributed by atoms with E-state index in [4.69, 9.17) is 17.0 Å². The number of ether oxygens (including phenoxy) is 1. The third-order valence-corrected chi connectivity index (χ3v) is 6.73. The van der Waals surface area contributed by atoms with Crippen molar-refractivity contribution >= 4 is 52.1 Å². The lowest BCUT2D eigenvalue weighted by atomic mass is 10.1. The zero-order valence-corrected chi connectivity index (χ0v) is 17.3. The highest BCUT2D eigenvalue weighted by Crippen LogP contribution is 2.20. The van der Waals surface area contributed by atoms with Gasteiger partial charge in [0.1, 0.15) is 6.54 Å². The molecule has 2 heterocycles. The van der Waals surface area contributed by atoms with Gasteiger partial charge in [0.2, 0.25) is 5.13 Å². The number of carbonyl (C=O) groups is 1. The van der Waals surface area contributed by atoms with Crippen molar-refractivity contribution in [2.45, 2.75) is 25.3 Å². The number of methoxy groups -OCH3 is 1. The Morgan fingerprint density at radius 1 is 1.46 bits per heavy atom. The fourth-order valence-corrected chi connectivity index (χ4v) is 5.11. The van der Waals surface area contributed by atoms with Crippen molar-refractivity contribution in [3.8, 4) is 0 Å². The van der Waals surface area contributed by atoms with Gasteiger partial charge in [-0.25, -0.2) is 0 Å². The number of thioether (sulfide) groups is 1. The number of hydrogen-bond acceptors (Lipinski definition) is 7. The van der Waals surface area contributed by atoms with E-state index in [0.29, 0.717) is 6.67 Å². The van der Waals surface area contributed by atoms with E-state index < -0.39 is 0 Å². The first-order valence-electron chi connectivity index (χ1n) is 8.56. The highest BCUT2D eigenvalue weighted by atomic mass is 32.2. The van der Waals surface area contributed by atoms with Gasteiger partial charge in [-0.1, -0.05) is 30.4 Å². The van der Waals surface area contributed by atoms with E-state index in [1.807, 2.05) is 4.68 Å². The molecule has 1 aliphatic rings. The second kappa shape index (κ2) is 8.98. The summed E-state index contributed by atoms with van der Waals surface area (Å²) in [6, 6.07) is 8.34. The topological polar surface area (TPSA) is 60.6 Å². The molecule has 0 aliphatic carbocycles. The van der Waals surface area contributed by atoms with E-state index >= 15 is 0 Å². The number of aromatic nitrogens is 2. The number of aryl methyl sites for hydroxylation is 1. The van der Waals surface area contributed by atoms with Crippen LogP contribution in [0.3, 0.4) is 0 Å². The van der Waals surface area contributed by atoms with Crippen molar-refractivity contribution in [1.82, 2.24) is 9.78 Å². The minimum atomic E-state index is -0.146. The summed E-state index contributed by atoms with van der Waals surface area (Å²) in [5, 5.41) is 8.61. The van der Waals surface area contributed by atoms with E-state index in [1.54, 1.807) is 11.8 Å². The summed E-state index contributed by atoms with van der Waals surface area (Å²) in [7, 11) is 1.44. The highest BCUT2D eigenvalue weighted by Gasteiger charge is 2.30. The first-order chi connectivity index (χ1) is 12.6. The van der Waals surface area contributed by atoms with Crippen LogP contribution in [0.4, 0.5) is 10.8 Å². The normalized spacial score (nSPS) is 19.9. The van der Waals surface area contributed by atoms with E-state index in [0.717, 1.165) is 40.0 Å². The van der Waals surface area contributed by atoms with Crippen LogP contribution in [-0.2, 0) is 22.6 Å².